The van der Waals surface area contributed by atoms with Crippen LogP contribution in [-0.2, 0) is 16.1 Å². The molecule has 0 saturated carbocycles. The number of aliphatic carboxylic acids is 1. The summed E-state index contributed by atoms with van der Waals surface area (Å²) < 4.78 is 48.6. The summed E-state index contributed by atoms with van der Waals surface area (Å²) in [5, 5.41) is 8.96. The number of nitrogens with zero attached hydrogens (tertiary/aromatic N) is 4. The van der Waals surface area contributed by atoms with Gasteiger partial charge >= 0.3 is 5.97 Å². The van der Waals surface area contributed by atoms with Crippen LogP contribution in [-0.4, -0.2) is 55.6 Å². The average molecular weight is 578 g/mol. The van der Waals surface area contributed by atoms with Crippen LogP contribution in [0, 0.1) is 0 Å². The second-order valence-corrected chi connectivity index (χ2v) is 9.17. The lowest BCUT2D eigenvalue weighted by atomic mass is 10.1. The topological polar surface area (TPSA) is 156 Å². The Bertz CT molecular complexity index is 1600. The number of carbonyl (C=O) groups is 1. The SMILES string of the molecule is C=C(C)c1ccc(N(c2nc(-c3cccc(OCC(=O)O)c3)nc(OC)c2Oc2ccccc2OC)S(=O)[O-])nc1. The molecule has 1 unspecified atom stereocenters. The Labute approximate surface area is 238 Å². The normalized spacial score (nSPS) is 11.3. The Morgan fingerprint density at radius 2 is 1.80 bits per heavy atom. The predicted molar refractivity (Wildman–Crippen MR) is 150 cm³/mol. The first-order chi connectivity index (χ1) is 19.7. The Kier molecular flexibility index (Phi) is 9.12. The maximum absolute atomic E-state index is 12.7. The number of carboxylic acid groups (broad SMARTS) is 1. The molecule has 13 heteroatoms. The molecule has 2 aromatic heterocycles. The van der Waals surface area contributed by atoms with E-state index in [1.807, 2.05) is 0 Å². The summed E-state index contributed by atoms with van der Waals surface area (Å²) in [6.07, 6.45) is 1.49. The summed E-state index contributed by atoms with van der Waals surface area (Å²) in [5.74, 6) is -0.674. The quantitative estimate of drug-likeness (QED) is 0.231. The van der Waals surface area contributed by atoms with Crippen LogP contribution in [0.2, 0.25) is 0 Å². The molecule has 0 aliphatic rings. The van der Waals surface area contributed by atoms with Crippen molar-refractivity contribution in [3.8, 4) is 40.3 Å². The van der Waals surface area contributed by atoms with Crippen LogP contribution in [0.15, 0.2) is 73.4 Å². The molecular weight excluding hydrogens is 552 g/mol. The van der Waals surface area contributed by atoms with Gasteiger partial charge in [0.25, 0.3) is 5.88 Å². The molecular formula is C28H25N4O8S-. The largest absolute Gasteiger partial charge is 0.755 e. The fourth-order valence-corrected chi connectivity index (χ4v) is 4.14. The van der Waals surface area contributed by atoms with Gasteiger partial charge in [-0.05, 0) is 54.5 Å². The predicted octanol–water partition coefficient (Wildman–Crippen LogP) is 4.78. The van der Waals surface area contributed by atoms with E-state index in [0.717, 1.165) is 15.4 Å². The zero-order valence-electron chi connectivity index (χ0n) is 22.3. The van der Waals surface area contributed by atoms with Gasteiger partial charge in [-0.3, -0.25) is 4.21 Å². The van der Waals surface area contributed by atoms with Crippen molar-refractivity contribution >= 4 is 34.4 Å². The zero-order valence-corrected chi connectivity index (χ0v) is 23.1. The molecule has 0 spiro atoms. The van der Waals surface area contributed by atoms with Gasteiger partial charge in [-0.15, -0.1) is 0 Å². The van der Waals surface area contributed by atoms with Gasteiger partial charge in [0.2, 0.25) is 5.75 Å². The van der Waals surface area contributed by atoms with E-state index in [9.17, 15) is 13.6 Å². The van der Waals surface area contributed by atoms with Crippen LogP contribution < -0.4 is 23.3 Å². The van der Waals surface area contributed by atoms with Crippen LogP contribution in [0.4, 0.5) is 11.6 Å². The van der Waals surface area contributed by atoms with Gasteiger partial charge in [0.05, 0.1) is 25.5 Å². The molecule has 0 aliphatic carbocycles. The molecule has 0 fully saturated rings. The number of hydrogen-bond acceptors (Lipinski definition) is 10. The molecule has 0 bridgehead atoms. The smallest absolute Gasteiger partial charge is 0.341 e. The van der Waals surface area contributed by atoms with Crippen LogP contribution in [0.25, 0.3) is 17.0 Å². The molecule has 12 nitrogen and oxygen atoms in total. The number of benzene rings is 2. The van der Waals surface area contributed by atoms with E-state index >= 15 is 0 Å². The van der Waals surface area contributed by atoms with Crippen LogP contribution >= 0.6 is 0 Å². The maximum Gasteiger partial charge on any atom is 0.341 e. The van der Waals surface area contributed by atoms with E-state index in [4.69, 9.17) is 24.1 Å². The minimum atomic E-state index is -2.93. The molecule has 1 N–H and O–H groups in total. The number of anilines is 2. The van der Waals surface area contributed by atoms with Gasteiger partial charge < -0.3 is 28.6 Å². The third kappa shape index (κ3) is 6.77. The number of allylic oxidation sites excluding steroid dienone is 1. The highest BCUT2D eigenvalue weighted by molar-refractivity contribution is 7.81. The summed E-state index contributed by atoms with van der Waals surface area (Å²) in [5.41, 5.74) is 1.85. The van der Waals surface area contributed by atoms with Gasteiger partial charge in [-0.1, -0.05) is 30.8 Å². The van der Waals surface area contributed by atoms with Gasteiger partial charge in [-0.2, -0.15) is 4.98 Å². The Hall–Kier alpha value is -5.01. The summed E-state index contributed by atoms with van der Waals surface area (Å²) >= 11 is -2.93. The molecule has 0 aliphatic heterocycles. The molecule has 4 aromatic rings. The van der Waals surface area contributed by atoms with Crippen molar-refractivity contribution in [3.63, 3.8) is 0 Å². The number of rotatable bonds is 12. The molecule has 1 atom stereocenters. The molecule has 212 valence electrons. The lowest BCUT2D eigenvalue weighted by Crippen LogP contribution is -2.23. The standard InChI is InChI=1S/C28H26N4O8S/c1-17(2)19-12-13-23(29-15-19)32(41(35)36)27-25(40-22-11-6-5-10-21(22)37-3)28(38-4)31-26(30-27)18-8-7-9-20(14-18)39-16-24(33)34/h5-15H,1,16H2,2-4H3,(H,33,34)(H,35,36)/p-1. The summed E-state index contributed by atoms with van der Waals surface area (Å²) in [6, 6.07) is 16.3. The van der Waals surface area contributed by atoms with Crippen molar-refractivity contribution in [3.05, 3.63) is 79.0 Å². The molecule has 2 aromatic carbocycles. The Morgan fingerprint density at radius 3 is 2.41 bits per heavy atom. The highest BCUT2D eigenvalue weighted by atomic mass is 32.2. The number of ether oxygens (including phenoxy) is 4. The van der Waals surface area contributed by atoms with Crippen LogP contribution in [0.1, 0.15) is 12.5 Å². The number of pyridine rings is 1. The van der Waals surface area contributed by atoms with Crippen molar-refractivity contribution < 1.29 is 37.6 Å². The first-order valence-corrected chi connectivity index (χ1v) is 13.0. The van der Waals surface area contributed by atoms with E-state index in [-0.39, 0.29) is 40.6 Å². The van der Waals surface area contributed by atoms with Gasteiger partial charge in [-0.25, -0.2) is 19.1 Å². The Morgan fingerprint density at radius 1 is 1.05 bits per heavy atom. The minimum absolute atomic E-state index is 0.0125. The van der Waals surface area contributed by atoms with E-state index in [1.165, 1.54) is 32.5 Å². The first-order valence-electron chi connectivity index (χ1n) is 11.9. The van der Waals surface area contributed by atoms with Crippen LogP contribution in [0.3, 0.4) is 0 Å². The summed E-state index contributed by atoms with van der Waals surface area (Å²) in [6.45, 7) is 5.13. The lowest BCUT2D eigenvalue weighted by Gasteiger charge is -2.27. The van der Waals surface area contributed by atoms with Crippen molar-refractivity contribution in [2.45, 2.75) is 6.92 Å². The number of carboxylic acids is 1. The maximum atomic E-state index is 12.7. The van der Waals surface area contributed by atoms with E-state index in [2.05, 4.69) is 21.5 Å². The average Bonchev–Trinajstić information content (AvgIpc) is 2.97. The van der Waals surface area contributed by atoms with Crippen molar-refractivity contribution in [1.82, 2.24) is 15.0 Å². The number of methoxy groups -OCH3 is 2. The van der Waals surface area contributed by atoms with Crippen LogP contribution in [0.5, 0.6) is 28.9 Å². The second kappa shape index (κ2) is 12.9. The number of hydrogen-bond donors (Lipinski definition) is 1. The van der Waals surface area contributed by atoms with Crippen molar-refractivity contribution in [2.24, 2.45) is 0 Å². The van der Waals surface area contributed by atoms with Gasteiger partial charge in [0.15, 0.2) is 29.7 Å². The van der Waals surface area contributed by atoms with Gasteiger partial charge in [0, 0.05) is 11.8 Å². The molecule has 2 heterocycles. The fraction of sp³-hybridized carbons (Fsp3) is 0.143. The summed E-state index contributed by atoms with van der Waals surface area (Å²) in [4.78, 5) is 24.3. The fourth-order valence-electron chi connectivity index (χ4n) is 3.61. The summed E-state index contributed by atoms with van der Waals surface area (Å²) in [7, 11) is 2.81. The molecule has 0 amide bonds. The monoisotopic (exact) mass is 577 g/mol. The highest BCUT2D eigenvalue weighted by Crippen LogP contribution is 2.44. The van der Waals surface area contributed by atoms with E-state index in [0.29, 0.717) is 11.3 Å². The minimum Gasteiger partial charge on any atom is -0.755 e. The van der Waals surface area contributed by atoms with Gasteiger partial charge in [0.1, 0.15) is 11.6 Å². The molecule has 4 rings (SSSR count). The highest BCUT2D eigenvalue weighted by Gasteiger charge is 2.27. The lowest BCUT2D eigenvalue weighted by molar-refractivity contribution is -0.139. The zero-order chi connectivity index (χ0) is 29.5. The molecule has 0 saturated heterocycles. The molecule has 0 radical (unpaired) electrons. The third-order valence-electron chi connectivity index (χ3n) is 5.54. The number of para-hydroxylation sites is 2. The Balaban J connectivity index is 1.93. The number of aromatic nitrogens is 3. The van der Waals surface area contributed by atoms with E-state index < -0.39 is 23.8 Å². The molecule has 41 heavy (non-hydrogen) atoms. The third-order valence-corrected chi connectivity index (χ3v) is 6.19. The first kappa shape index (κ1) is 29.0. The van der Waals surface area contributed by atoms with Crippen molar-refractivity contribution in [1.29, 1.82) is 0 Å². The second-order valence-electron chi connectivity index (χ2n) is 8.37. The van der Waals surface area contributed by atoms with Crippen molar-refractivity contribution in [2.75, 3.05) is 25.1 Å². The van der Waals surface area contributed by atoms with E-state index in [1.54, 1.807) is 55.5 Å².